The van der Waals surface area contributed by atoms with Gasteiger partial charge in [-0.3, -0.25) is 4.79 Å². The molecule has 2 N–H and O–H groups in total. The summed E-state index contributed by atoms with van der Waals surface area (Å²) in [5.74, 6) is -0.154. The number of aromatic nitrogens is 1. The average Bonchev–Trinajstić information content (AvgIpc) is 2.27. The molecule has 5 heteroatoms. The summed E-state index contributed by atoms with van der Waals surface area (Å²) in [6.07, 6.45) is 2.15. The Balaban J connectivity index is 2.47. The lowest BCUT2D eigenvalue weighted by molar-refractivity contribution is -0.137. The number of nitrogens with zero attached hydrogens (tertiary/aromatic N) is 2. The molecule has 1 aromatic rings. The fourth-order valence-corrected chi connectivity index (χ4v) is 1.21. The fourth-order valence-electron chi connectivity index (χ4n) is 1.21. The molecule has 1 unspecified atom stereocenters. The van der Waals surface area contributed by atoms with E-state index in [0.29, 0.717) is 17.8 Å². The maximum atomic E-state index is 10.4. The van der Waals surface area contributed by atoms with Gasteiger partial charge >= 0.3 is 5.97 Å². The first-order valence-electron chi connectivity index (χ1n) is 4.96. The van der Waals surface area contributed by atoms with E-state index in [1.165, 1.54) is 6.20 Å². The van der Waals surface area contributed by atoms with Crippen LogP contribution in [0.5, 0.6) is 0 Å². The zero-order valence-corrected chi connectivity index (χ0v) is 8.97. The van der Waals surface area contributed by atoms with E-state index in [1.807, 2.05) is 13.0 Å². The number of pyridine rings is 1. The third kappa shape index (κ3) is 3.96. The number of hydrogen-bond donors (Lipinski definition) is 2. The van der Waals surface area contributed by atoms with Crippen LogP contribution in [0.2, 0.25) is 0 Å². The van der Waals surface area contributed by atoms with Crippen molar-refractivity contribution >= 4 is 11.8 Å². The molecule has 0 aliphatic carbocycles. The van der Waals surface area contributed by atoms with Crippen molar-refractivity contribution in [3.63, 3.8) is 0 Å². The molecule has 0 aliphatic heterocycles. The number of aliphatic carboxylic acids is 1. The van der Waals surface area contributed by atoms with Gasteiger partial charge in [0.05, 0.1) is 5.56 Å². The second-order valence-corrected chi connectivity index (χ2v) is 3.52. The van der Waals surface area contributed by atoms with Gasteiger partial charge in [-0.25, -0.2) is 4.98 Å². The van der Waals surface area contributed by atoms with Crippen LogP contribution >= 0.6 is 0 Å². The molecule has 0 saturated heterocycles. The quantitative estimate of drug-likeness (QED) is 0.785. The Morgan fingerprint density at radius 2 is 2.44 bits per heavy atom. The van der Waals surface area contributed by atoms with Crippen LogP contribution in [-0.2, 0) is 4.79 Å². The number of carboxylic acid groups (broad SMARTS) is 1. The Labute approximate surface area is 93.7 Å². The fraction of sp³-hybridized carbons (Fsp3) is 0.364. The van der Waals surface area contributed by atoms with Gasteiger partial charge in [-0.05, 0) is 25.5 Å². The molecule has 1 atom stereocenters. The molecule has 0 bridgehead atoms. The number of carboxylic acids is 1. The Bertz CT molecular complexity index is 395. The minimum absolute atomic E-state index is 0.0385. The maximum absolute atomic E-state index is 10.4. The molecule has 1 aromatic heterocycles. The van der Waals surface area contributed by atoms with Crippen molar-refractivity contribution in [2.75, 3.05) is 5.32 Å². The first kappa shape index (κ1) is 12.0. The van der Waals surface area contributed by atoms with Crippen molar-refractivity contribution < 1.29 is 9.90 Å². The summed E-state index contributed by atoms with van der Waals surface area (Å²) in [5.41, 5.74) is 0.503. The normalized spacial score (nSPS) is 11.5. The minimum Gasteiger partial charge on any atom is -0.481 e. The lowest BCUT2D eigenvalue weighted by Crippen LogP contribution is -2.17. The van der Waals surface area contributed by atoms with Gasteiger partial charge in [0.15, 0.2) is 0 Å². The van der Waals surface area contributed by atoms with E-state index in [1.54, 1.807) is 12.1 Å². The summed E-state index contributed by atoms with van der Waals surface area (Å²) in [5, 5.41) is 20.2. The predicted molar refractivity (Wildman–Crippen MR) is 58.9 cm³/mol. The van der Waals surface area contributed by atoms with Crippen molar-refractivity contribution in [1.29, 1.82) is 5.26 Å². The molecule has 1 heterocycles. The zero-order chi connectivity index (χ0) is 12.0. The molecule has 0 aliphatic rings. The smallest absolute Gasteiger partial charge is 0.303 e. The maximum Gasteiger partial charge on any atom is 0.303 e. The van der Waals surface area contributed by atoms with E-state index in [0.717, 1.165) is 0 Å². The van der Waals surface area contributed by atoms with Gasteiger partial charge in [-0.1, -0.05) is 0 Å². The van der Waals surface area contributed by atoms with Gasteiger partial charge in [0.25, 0.3) is 0 Å². The van der Waals surface area contributed by atoms with E-state index < -0.39 is 5.97 Å². The summed E-state index contributed by atoms with van der Waals surface area (Å²) in [6, 6.07) is 5.39. The summed E-state index contributed by atoms with van der Waals surface area (Å²) in [4.78, 5) is 14.4. The van der Waals surface area contributed by atoms with Gasteiger partial charge in [0, 0.05) is 18.7 Å². The highest BCUT2D eigenvalue weighted by atomic mass is 16.4. The molecule has 16 heavy (non-hydrogen) atoms. The Morgan fingerprint density at radius 1 is 1.69 bits per heavy atom. The van der Waals surface area contributed by atoms with E-state index in [2.05, 4.69) is 10.3 Å². The first-order chi connectivity index (χ1) is 7.61. The molecule has 0 amide bonds. The van der Waals surface area contributed by atoms with Crippen LogP contribution in [0.3, 0.4) is 0 Å². The number of nitriles is 1. The predicted octanol–water partition coefficient (Wildman–Crippen LogP) is 1.62. The number of nitrogens with one attached hydrogen (secondary N) is 1. The molecular formula is C11H13N3O2. The van der Waals surface area contributed by atoms with Gasteiger partial charge in [0.2, 0.25) is 0 Å². The summed E-state index contributed by atoms with van der Waals surface area (Å²) in [6.45, 7) is 1.89. The van der Waals surface area contributed by atoms with Gasteiger partial charge in [-0.15, -0.1) is 0 Å². The van der Waals surface area contributed by atoms with Gasteiger partial charge in [0.1, 0.15) is 11.9 Å². The van der Waals surface area contributed by atoms with Crippen LogP contribution in [0, 0.1) is 11.3 Å². The number of anilines is 1. The highest BCUT2D eigenvalue weighted by Crippen LogP contribution is 2.08. The summed E-state index contributed by atoms with van der Waals surface area (Å²) in [7, 11) is 0. The SMILES string of the molecule is CC(CCC(=O)O)Nc1ccc(C#N)cn1. The van der Waals surface area contributed by atoms with Crippen LogP contribution in [0.25, 0.3) is 0 Å². The van der Waals surface area contributed by atoms with Crippen molar-refractivity contribution in [1.82, 2.24) is 4.98 Å². The van der Waals surface area contributed by atoms with Crippen LogP contribution < -0.4 is 5.32 Å². The number of carbonyl (C=O) groups is 1. The van der Waals surface area contributed by atoms with E-state index in [4.69, 9.17) is 10.4 Å². The average molecular weight is 219 g/mol. The summed E-state index contributed by atoms with van der Waals surface area (Å²) < 4.78 is 0. The lowest BCUT2D eigenvalue weighted by Gasteiger charge is -2.12. The lowest BCUT2D eigenvalue weighted by atomic mass is 10.2. The molecule has 1 rings (SSSR count). The molecule has 0 radical (unpaired) electrons. The Morgan fingerprint density at radius 3 is 2.94 bits per heavy atom. The first-order valence-corrected chi connectivity index (χ1v) is 4.96. The van der Waals surface area contributed by atoms with Crippen LogP contribution in [-0.4, -0.2) is 22.1 Å². The minimum atomic E-state index is -0.804. The van der Waals surface area contributed by atoms with Crippen molar-refractivity contribution in [3.05, 3.63) is 23.9 Å². The molecule has 0 fully saturated rings. The molecule has 0 aromatic carbocycles. The zero-order valence-electron chi connectivity index (χ0n) is 8.97. The molecule has 5 nitrogen and oxygen atoms in total. The largest absolute Gasteiger partial charge is 0.481 e. The van der Waals surface area contributed by atoms with Crippen LogP contribution in [0.4, 0.5) is 5.82 Å². The van der Waals surface area contributed by atoms with Gasteiger partial charge in [-0.2, -0.15) is 5.26 Å². The third-order valence-electron chi connectivity index (χ3n) is 2.08. The standard InChI is InChI=1S/C11H13N3O2/c1-8(2-5-11(15)16)14-10-4-3-9(6-12)7-13-10/h3-4,7-8H,2,5H2,1H3,(H,13,14)(H,15,16). The molecule has 0 spiro atoms. The highest BCUT2D eigenvalue weighted by molar-refractivity contribution is 5.66. The third-order valence-corrected chi connectivity index (χ3v) is 2.08. The topological polar surface area (TPSA) is 86.0 Å². The number of rotatable bonds is 5. The van der Waals surface area contributed by atoms with Crippen molar-refractivity contribution in [2.45, 2.75) is 25.8 Å². The van der Waals surface area contributed by atoms with Crippen LogP contribution in [0.1, 0.15) is 25.3 Å². The van der Waals surface area contributed by atoms with Crippen molar-refractivity contribution in [2.24, 2.45) is 0 Å². The Hall–Kier alpha value is -2.09. The highest BCUT2D eigenvalue weighted by Gasteiger charge is 2.05. The summed E-state index contributed by atoms with van der Waals surface area (Å²) >= 11 is 0. The Kier molecular flexibility index (Phi) is 4.28. The molecule has 84 valence electrons. The van der Waals surface area contributed by atoms with Gasteiger partial charge < -0.3 is 10.4 Å². The van der Waals surface area contributed by atoms with E-state index in [-0.39, 0.29) is 12.5 Å². The molecule has 0 saturated carbocycles. The van der Waals surface area contributed by atoms with Crippen LogP contribution in [0.15, 0.2) is 18.3 Å². The van der Waals surface area contributed by atoms with Crippen molar-refractivity contribution in [3.8, 4) is 6.07 Å². The molecular weight excluding hydrogens is 206 g/mol. The number of hydrogen-bond acceptors (Lipinski definition) is 4. The monoisotopic (exact) mass is 219 g/mol. The second kappa shape index (κ2) is 5.71. The van der Waals surface area contributed by atoms with E-state index >= 15 is 0 Å². The second-order valence-electron chi connectivity index (χ2n) is 3.52. The van der Waals surface area contributed by atoms with E-state index in [9.17, 15) is 4.79 Å².